The molecule has 1 fully saturated rings. The SMILES string of the molecule is CC(C)C/C=C\SSCCN1CCOCC1. The highest BCUT2D eigenvalue weighted by molar-refractivity contribution is 8.77. The van der Waals surface area contributed by atoms with Gasteiger partial charge in [-0.1, -0.05) is 41.5 Å². The summed E-state index contributed by atoms with van der Waals surface area (Å²) in [5, 5.41) is 2.23. The summed E-state index contributed by atoms with van der Waals surface area (Å²) in [6.45, 7) is 9.72. The minimum atomic E-state index is 0.773. The normalized spacial score (nSPS) is 18.7. The second kappa shape index (κ2) is 9.40. The zero-order chi connectivity index (χ0) is 11.6. The van der Waals surface area contributed by atoms with Gasteiger partial charge in [-0.25, -0.2) is 0 Å². The number of ether oxygens (including phenoxy) is 1. The fourth-order valence-corrected chi connectivity index (χ4v) is 3.13. The van der Waals surface area contributed by atoms with E-state index in [9.17, 15) is 0 Å². The predicted octanol–water partition coefficient (Wildman–Crippen LogP) is 3.26. The predicted molar refractivity (Wildman–Crippen MR) is 75.9 cm³/mol. The molecule has 0 aromatic carbocycles. The molecular weight excluding hydrogens is 238 g/mol. The highest BCUT2D eigenvalue weighted by atomic mass is 33.1. The second-order valence-corrected chi connectivity index (χ2v) is 6.77. The molecule has 4 heteroatoms. The van der Waals surface area contributed by atoms with Crippen molar-refractivity contribution in [2.45, 2.75) is 20.3 Å². The highest BCUT2D eigenvalue weighted by Crippen LogP contribution is 2.23. The van der Waals surface area contributed by atoms with Crippen molar-refractivity contribution >= 4 is 21.6 Å². The summed E-state index contributed by atoms with van der Waals surface area (Å²) in [7, 11) is 3.81. The maximum atomic E-state index is 5.32. The Morgan fingerprint density at radius 1 is 1.31 bits per heavy atom. The molecule has 0 radical (unpaired) electrons. The Labute approximate surface area is 108 Å². The number of morpholine rings is 1. The molecule has 0 bridgehead atoms. The molecular formula is C12H23NOS2. The number of nitrogens with zero attached hydrogens (tertiary/aromatic N) is 1. The third-order valence-corrected chi connectivity index (χ3v) is 4.45. The molecule has 1 heterocycles. The van der Waals surface area contributed by atoms with E-state index in [1.54, 1.807) is 0 Å². The summed E-state index contributed by atoms with van der Waals surface area (Å²) in [6, 6.07) is 0. The van der Waals surface area contributed by atoms with E-state index in [-0.39, 0.29) is 0 Å². The maximum Gasteiger partial charge on any atom is 0.0594 e. The van der Waals surface area contributed by atoms with Crippen LogP contribution in [0.25, 0.3) is 0 Å². The van der Waals surface area contributed by atoms with E-state index in [1.165, 1.54) is 18.7 Å². The van der Waals surface area contributed by atoms with E-state index < -0.39 is 0 Å². The van der Waals surface area contributed by atoms with Crippen molar-refractivity contribution in [2.75, 3.05) is 38.6 Å². The summed E-state index contributed by atoms with van der Waals surface area (Å²) >= 11 is 0. The Balaban J connectivity index is 1.89. The molecule has 16 heavy (non-hydrogen) atoms. The molecule has 0 unspecified atom stereocenters. The minimum absolute atomic E-state index is 0.773. The zero-order valence-corrected chi connectivity index (χ0v) is 12.0. The summed E-state index contributed by atoms with van der Waals surface area (Å²) < 4.78 is 5.32. The monoisotopic (exact) mass is 261 g/mol. The van der Waals surface area contributed by atoms with Crippen LogP contribution in [0.15, 0.2) is 11.5 Å². The van der Waals surface area contributed by atoms with Gasteiger partial charge in [-0.15, -0.1) is 0 Å². The topological polar surface area (TPSA) is 12.5 Å². The Morgan fingerprint density at radius 3 is 2.75 bits per heavy atom. The maximum absolute atomic E-state index is 5.32. The molecule has 0 aromatic heterocycles. The van der Waals surface area contributed by atoms with Gasteiger partial charge in [0.25, 0.3) is 0 Å². The van der Waals surface area contributed by atoms with Crippen LogP contribution in [0.5, 0.6) is 0 Å². The van der Waals surface area contributed by atoms with Gasteiger partial charge in [0.1, 0.15) is 0 Å². The summed E-state index contributed by atoms with van der Waals surface area (Å²) in [5.74, 6) is 1.98. The van der Waals surface area contributed by atoms with Crippen LogP contribution in [0.1, 0.15) is 20.3 Å². The van der Waals surface area contributed by atoms with Crippen LogP contribution in [0.4, 0.5) is 0 Å². The molecule has 94 valence electrons. The minimum Gasteiger partial charge on any atom is -0.379 e. The van der Waals surface area contributed by atoms with E-state index in [0.717, 1.165) is 32.2 Å². The van der Waals surface area contributed by atoms with Crippen molar-refractivity contribution in [3.63, 3.8) is 0 Å². The van der Waals surface area contributed by atoms with Gasteiger partial charge in [0.2, 0.25) is 0 Å². The van der Waals surface area contributed by atoms with Gasteiger partial charge in [0.15, 0.2) is 0 Å². The van der Waals surface area contributed by atoms with Gasteiger partial charge < -0.3 is 4.74 Å². The lowest BCUT2D eigenvalue weighted by Crippen LogP contribution is -2.37. The van der Waals surface area contributed by atoms with Crippen molar-refractivity contribution in [3.8, 4) is 0 Å². The molecule has 1 rings (SSSR count). The van der Waals surface area contributed by atoms with Gasteiger partial charge in [-0.3, -0.25) is 4.90 Å². The van der Waals surface area contributed by atoms with Gasteiger partial charge >= 0.3 is 0 Å². The molecule has 0 aromatic rings. The number of hydrogen-bond acceptors (Lipinski definition) is 4. The quantitative estimate of drug-likeness (QED) is 0.515. The van der Waals surface area contributed by atoms with Crippen molar-refractivity contribution in [2.24, 2.45) is 5.92 Å². The van der Waals surface area contributed by atoms with Crippen LogP contribution in [-0.2, 0) is 4.74 Å². The lowest BCUT2D eigenvalue weighted by Gasteiger charge is -2.25. The van der Waals surface area contributed by atoms with E-state index >= 15 is 0 Å². The molecule has 1 aliphatic heterocycles. The first-order valence-electron chi connectivity index (χ1n) is 6.02. The van der Waals surface area contributed by atoms with Crippen LogP contribution >= 0.6 is 21.6 Å². The molecule has 0 aliphatic carbocycles. The van der Waals surface area contributed by atoms with Crippen molar-refractivity contribution < 1.29 is 4.74 Å². The summed E-state index contributed by atoms with van der Waals surface area (Å²) in [6.07, 6.45) is 3.47. The molecule has 0 amide bonds. The zero-order valence-electron chi connectivity index (χ0n) is 10.4. The lowest BCUT2D eigenvalue weighted by atomic mass is 10.1. The largest absolute Gasteiger partial charge is 0.379 e. The van der Waals surface area contributed by atoms with Gasteiger partial charge in [0, 0.05) is 25.4 Å². The van der Waals surface area contributed by atoms with Crippen LogP contribution in [0.3, 0.4) is 0 Å². The molecule has 0 atom stereocenters. The van der Waals surface area contributed by atoms with E-state index in [1.807, 2.05) is 21.6 Å². The fourth-order valence-electron chi connectivity index (χ4n) is 1.45. The Hall–Kier alpha value is 0.360. The first-order valence-corrected chi connectivity index (χ1v) is 8.40. The van der Waals surface area contributed by atoms with E-state index in [0.29, 0.717) is 0 Å². The average Bonchev–Trinajstić information content (AvgIpc) is 2.29. The standard InChI is InChI=1S/C12H23NOS2/c1-12(2)4-3-10-15-16-11-7-13-5-8-14-9-6-13/h3,10,12H,4-9,11H2,1-2H3/b10-3-. The van der Waals surface area contributed by atoms with Crippen LogP contribution in [0, 0.1) is 5.92 Å². The lowest BCUT2D eigenvalue weighted by molar-refractivity contribution is 0.0410. The molecule has 2 nitrogen and oxygen atoms in total. The number of rotatable bonds is 7. The van der Waals surface area contributed by atoms with Crippen molar-refractivity contribution in [3.05, 3.63) is 11.5 Å². The Morgan fingerprint density at radius 2 is 2.06 bits per heavy atom. The summed E-state index contributed by atoms with van der Waals surface area (Å²) in [4.78, 5) is 2.48. The number of allylic oxidation sites excluding steroid dienone is 1. The van der Waals surface area contributed by atoms with Crippen molar-refractivity contribution in [1.82, 2.24) is 4.90 Å². The van der Waals surface area contributed by atoms with Crippen LogP contribution in [-0.4, -0.2) is 43.5 Å². The van der Waals surface area contributed by atoms with Crippen LogP contribution < -0.4 is 0 Å². The number of hydrogen-bond donors (Lipinski definition) is 0. The van der Waals surface area contributed by atoms with E-state index in [4.69, 9.17) is 4.74 Å². The fraction of sp³-hybridized carbons (Fsp3) is 0.833. The first kappa shape index (κ1) is 14.4. The van der Waals surface area contributed by atoms with Gasteiger partial charge in [0.05, 0.1) is 13.2 Å². The third kappa shape index (κ3) is 7.60. The van der Waals surface area contributed by atoms with Gasteiger partial charge in [-0.05, 0) is 17.7 Å². The second-order valence-electron chi connectivity index (χ2n) is 4.37. The Kier molecular flexibility index (Phi) is 8.47. The molecule has 0 saturated carbocycles. The summed E-state index contributed by atoms with van der Waals surface area (Å²) in [5.41, 5.74) is 0. The average molecular weight is 261 g/mol. The first-order chi connectivity index (χ1) is 7.79. The Bertz CT molecular complexity index is 191. The molecule has 0 spiro atoms. The third-order valence-electron chi connectivity index (χ3n) is 2.42. The van der Waals surface area contributed by atoms with Crippen molar-refractivity contribution in [1.29, 1.82) is 0 Å². The molecule has 1 saturated heterocycles. The smallest absolute Gasteiger partial charge is 0.0594 e. The molecule has 0 N–H and O–H groups in total. The van der Waals surface area contributed by atoms with E-state index in [2.05, 4.69) is 30.2 Å². The van der Waals surface area contributed by atoms with Crippen LogP contribution in [0.2, 0.25) is 0 Å². The molecule has 1 aliphatic rings. The van der Waals surface area contributed by atoms with Gasteiger partial charge in [-0.2, -0.15) is 0 Å². The highest BCUT2D eigenvalue weighted by Gasteiger charge is 2.08.